The maximum Gasteiger partial charge on any atom is 0.496 e. The van der Waals surface area contributed by atoms with Crippen LogP contribution in [0.4, 0.5) is 0 Å². The summed E-state index contributed by atoms with van der Waals surface area (Å²) in [4.78, 5) is 4.49. The van der Waals surface area contributed by atoms with Crippen molar-refractivity contribution in [3.63, 3.8) is 0 Å². The van der Waals surface area contributed by atoms with Gasteiger partial charge in [-0.15, -0.1) is 0 Å². The monoisotopic (exact) mass is 399 g/mol. The fourth-order valence-electron chi connectivity index (χ4n) is 2.88. The van der Waals surface area contributed by atoms with Gasteiger partial charge in [-0.1, -0.05) is 12.1 Å². The van der Waals surface area contributed by atoms with E-state index in [0.717, 1.165) is 16.8 Å². The van der Waals surface area contributed by atoms with Crippen molar-refractivity contribution in [3.8, 4) is 17.4 Å². The average Bonchev–Trinajstić information content (AvgIpc) is 2.88. The van der Waals surface area contributed by atoms with Gasteiger partial charge in [0.25, 0.3) is 5.88 Å². The second kappa shape index (κ2) is 8.24. The molecule has 7 heteroatoms. The molecular formula is C22H30BNO5. The third-order valence-electron chi connectivity index (χ3n) is 5.26. The number of benzene rings is 1. The van der Waals surface area contributed by atoms with E-state index in [1.54, 1.807) is 13.3 Å². The molecule has 0 unspecified atom stereocenters. The maximum absolute atomic E-state index is 6.13. The van der Waals surface area contributed by atoms with Gasteiger partial charge in [-0.25, -0.2) is 4.98 Å². The summed E-state index contributed by atoms with van der Waals surface area (Å²) in [5.74, 6) is 1.82. The van der Waals surface area contributed by atoms with Gasteiger partial charge in [0.1, 0.15) is 12.4 Å². The van der Waals surface area contributed by atoms with Crippen LogP contribution >= 0.6 is 0 Å². The first kappa shape index (κ1) is 21.5. The quantitative estimate of drug-likeness (QED) is 0.661. The Labute approximate surface area is 173 Å². The first-order valence-electron chi connectivity index (χ1n) is 9.89. The van der Waals surface area contributed by atoms with E-state index >= 15 is 0 Å². The van der Waals surface area contributed by atoms with E-state index < -0.39 is 18.3 Å². The van der Waals surface area contributed by atoms with E-state index in [2.05, 4.69) is 4.98 Å². The fourth-order valence-corrected chi connectivity index (χ4v) is 2.88. The average molecular weight is 399 g/mol. The summed E-state index contributed by atoms with van der Waals surface area (Å²) < 4.78 is 29.3. The van der Waals surface area contributed by atoms with Gasteiger partial charge in [-0.05, 0) is 65.3 Å². The molecule has 0 radical (unpaired) electrons. The third-order valence-corrected chi connectivity index (χ3v) is 5.26. The van der Waals surface area contributed by atoms with Crippen molar-refractivity contribution in [2.75, 3.05) is 7.11 Å². The zero-order chi connectivity index (χ0) is 21.2. The molecule has 0 atom stereocenters. The van der Waals surface area contributed by atoms with Crippen LogP contribution in [0, 0.1) is 0 Å². The molecule has 1 saturated heterocycles. The molecule has 156 valence electrons. The Morgan fingerprint density at radius 3 is 2.21 bits per heavy atom. The molecule has 0 amide bonds. The van der Waals surface area contributed by atoms with Gasteiger partial charge >= 0.3 is 7.12 Å². The summed E-state index contributed by atoms with van der Waals surface area (Å²) in [7, 11) is 1.14. The minimum atomic E-state index is -0.502. The predicted molar refractivity (Wildman–Crippen MR) is 113 cm³/mol. The molecule has 0 N–H and O–H groups in total. The molecular weight excluding hydrogens is 369 g/mol. The van der Waals surface area contributed by atoms with Crippen LogP contribution in [0.5, 0.6) is 17.4 Å². The Balaban J connectivity index is 1.79. The van der Waals surface area contributed by atoms with Gasteiger partial charge in [-0.3, -0.25) is 0 Å². The van der Waals surface area contributed by atoms with E-state index in [1.807, 2.05) is 71.9 Å². The summed E-state index contributed by atoms with van der Waals surface area (Å²) >= 11 is 0. The molecule has 29 heavy (non-hydrogen) atoms. The smallest absolute Gasteiger partial charge is 0.496 e. The molecule has 1 aromatic heterocycles. The van der Waals surface area contributed by atoms with E-state index in [0.29, 0.717) is 18.2 Å². The van der Waals surface area contributed by atoms with Crippen LogP contribution in [0.1, 0.15) is 47.1 Å². The molecule has 3 rings (SSSR count). The summed E-state index contributed by atoms with van der Waals surface area (Å²) in [5, 5.41) is 0. The maximum atomic E-state index is 6.13. The Bertz CT molecular complexity index is 820. The molecule has 2 heterocycles. The lowest BCUT2D eigenvalue weighted by atomic mass is 9.80. The second-order valence-corrected chi connectivity index (χ2v) is 8.46. The Kier molecular flexibility index (Phi) is 6.10. The number of aromatic nitrogens is 1. The van der Waals surface area contributed by atoms with Crippen molar-refractivity contribution >= 4 is 12.6 Å². The topological polar surface area (TPSA) is 59.0 Å². The highest BCUT2D eigenvalue weighted by Crippen LogP contribution is 2.37. The van der Waals surface area contributed by atoms with Gasteiger partial charge in [-0.2, -0.15) is 0 Å². The third kappa shape index (κ3) is 4.85. The van der Waals surface area contributed by atoms with E-state index in [1.165, 1.54) is 0 Å². The summed E-state index contributed by atoms with van der Waals surface area (Å²) in [6.07, 6.45) is 1.70. The number of methoxy groups -OCH3 is 1. The number of hydrogen-bond donors (Lipinski definition) is 0. The molecule has 1 aromatic carbocycles. The van der Waals surface area contributed by atoms with E-state index in [-0.39, 0.29) is 6.10 Å². The minimum absolute atomic E-state index is 0.0197. The second-order valence-electron chi connectivity index (χ2n) is 8.46. The van der Waals surface area contributed by atoms with Crippen molar-refractivity contribution in [3.05, 3.63) is 42.1 Å². The lowest BCUT2D eigenvalue weighted by molar-refractivity contribution is 0.00578. The van der Waals surface area contributed by atoms with Crippen molar-refractivity contribution in [1.29, 1.82) is 0 Å². The molecule has 1 fully saturated rings. The summed E-state index contributed by atoms with van der Waals surface area (Å²) in [6.45, 7) is 12.4. The molecule has 6 nitrogen and oxygen atoms in total. The van der Waals surface area contributed by atoms with Crippen molar-refractivity contribution in [2.24, 2.45) is 0 Å². The number of nitrogens with zero attached hydrogens (tertiary/aromatic N) is 1. The summed E-state index contributed by atoms with van der Waals surface area (Å²) in [6, 6.07) is 9.61. The molecule has 1 aliphatic heterocycles. The van der Waals surface area contributed by atoms with Crippen LogP contribution in [0.2, 0.25) is 0 Å². The standard InChI is InChI=1S/C22H30BNO5/c1-15(2)27-19-12-17(23-28-21(3,4)22(5,6)29-23)13-24-20(19)26-14-16-8-10-18(25-7)11-9-16/h8-13,15H,14H2,1-7H3. The highest BCUT2D eigenvalue weighted by Gasteiger charge is 2.52. The molecule has 2 aromatic rings. The normalized spacial score (nSPS) is 17.4. The largest absolute Gasteiger partial charge is 0.497 e. The van der Waals surface area contributed by atoms with Crippen LogP contribution in [-0.2, 0) is 15.9 Å². The number of pyridine rings is 1. The zero-order valence-electron chi connectivity index (χ0n) is 18.3. The molecule has 0 saturated carbocycles. The zero-order valence-corrected chi connectivity index (χ0v) is 18.3. The Morgan fingerprint density at radius 1 is 1.03 bits per heavy atom. The lowest BCUT2D eigenvalue weighted by Crippen LogP contribution is -2.41. The van der Waals surface area contributed by atoms with Crippen molar-refractivity contribution in [1.82, 2.24) is 4.98 Å². The summed E-state index contributed by atoms with van der Waals surface area (Å²) in [5.41, 5.74) is 0.981. The molecule has 0 bridgehead atoms. The van der Waals surface area contributed by atoms with E-state index in [4.69, 9.17) is 23.5 Å². The molecule has 1 aliphatic rings. The molecule has 0 spiro atoms. The minimum Gasteiger partial charge on any atom is -0.497 e. The van der Waals surface area contributed by atoms with Crippen LogP contribution < -0.4 is 19.7 Å². The van der Waals surface area contributed by atoms with Gasteiger partial charge in [0.15, 0.2) is 5.75 Å². The van der Waals surface area contributed by atoms with Crippen LogP contribution in [0.25, 0.3) is 0 Å². The highest BCUT2D eigenvalue weighted by molar-refractivity contribution is 6.62. The predicted octanol–water partition coefficient (Wildman–Crippen LogP) is 3.76. The van der Waals surface area contributed by atoms with Gasteiger partial charge in [0.2, 0.25) is 0 Å². The number of hydrogen-bond acceptors (Lipinski definition) is 6. The van der Waals surface area contributed by atoms with Crippen molar-refractivity contribution in [2.45, 2.75) is 65.5 Å². The van der Waals surface area contributed by atoms with E-state index in [9.17, 15) is 0 Å². The first-order valence-corrected chi connectivity index (χ1v) is 9.89. The first-order chi connectivity index (χ1) is 13.6. The SMILES string of the molecule is COc1ccc(COc2ncc(B3OC(C)(C)C(C)(C)O3)cc2OC(C)C)cc1. The van der Waals surface area contributed by atoms with Gasteiger partial charge < -0.3 is 23.5 Å². The van der Waals surface area contributed by atoms with Gasteiger partial charge in [0, 0.05) is 11.7 Å². The van der Waals surface area contributed by atoms with Crippen molar-refractivity contribution < 1.29 is 23.5 Å². The van der Waals surface area contributed by atoms with Crippen LogP contribution in [0.3, 0.4) is 0 Å². The number of ether oxygens (including phenoxy) is 3. The molecule has 0 aliphatic carbocycles. The van der Waals surface area contributed by atoms with Crippen LogP contribution in [0.15, 0.2) is 36.5 Å². The number of rotatable bonds is 7. The fraction of sp³-hybridized carbons (Fsp3) is 0.500. The highest BCUT2D eigenvalue weighted by atomic mass is 16.7. The van der Waals surface area contributed by atoms with Crippen LogP contribution in [-0.4, -0.2) is 36.5 Å². The van der Waals surface area contributed by atoms with Gasteiger partial charge in [0.05, 0.1) is 24.4 Å². The lowest BCUT2D eigenvalue weighted by Gasteiger charge is -2.32. The Morgan fingerprint density at radius 2 is 1.66 bits per heavy atom. The Hall–Kier alpha value is -2.25.